The molecule has 0 heterocycles. The molecule has 0 bridgehead atoms. The number of likely N-dealkylation sites (N-methyl/N-ethyl adjacent to an activating group) is 1. The molecular formula is C21H30N2O. The van der Waals surface area contributed by atoms with E-state index in [0.717, 1.165) is 31.9 Å². The van der Waals surface area contributed by atoms with Crippen molar-refractivity contribution in [3.05, 3.63) is 65.7 Å². The first-order valence-corrected chi connectivity index (χ1v) is 8.95. The predicted molar refractivity (Wildman–Crippen MR) is 101 cm³/mol. The van der Waals surface area contributed by atoms with E-state index >= 15 is 0 Å². The van der Waals surface area contributed by atoms with E-state index in [1.54, 1.807) is 0 Å². The van der Waals surface area contributed by atoms with Crippen molar-refractivity contribution in [2.24, 2.45) is 0 Å². The minimum absolute atomic E-state index is 0.351. The van der Waals surface area contributed by atoms with Gasteiger partial charge >= 0.3 is 0 Å². The molecule has 2 rings (SSSR count). The van der Waals surface area contributed by atoms with Crippen LogP contribution in [-0.4, -0.2) is 31.1 Å². The third-order valence-electron chi connectivity index (χ3n) is 4.40. The summed E-state index contributed by atoms with van der Waals surface area (Å²) in [5.74, 6) is 0.915. The third-order valence-corrected chi connectivity index (χ3v) is 4.40. The first-order valence-electron chi connectivity index (χ1n) is 8.95. The molecule has 3 heteroatoms. The molecule has 3 nitrogen and oxygen atoms in total. The van der Waals surface area contributed by atoms with Crippen molar-refractivity contribution in [3.8, 4) is 5.75 Å². The Morgan fingerprint density at radius 3 is 2.25 bits per heavy atom. The standard InChI is InChI=1S/C21H30N2O/c1-4-23(5-2)16-15-22-18(3)20-11-13-21(14-12-20)24-17-19-9-7-6-8-10-19/h6-14,18,22H,4-5,15-17H2,1-3H3. The molecule has 0 fully saturated rings. The molecule has 0 spiro atoms. The summed E-state index contributed by atoms with van der Waals surface area (Å²) in [6.07, 6.45) is 0. The summed E-state index contributed by atoms with van der Waals surface area (Å²) in [7, 11) is 0. The molecule has 0 aromatic heterocycles. The van der Waals surface area contributed by atoms with Gasteiger partial charge in [-0.05, 0) is 43.3 Å². The lowest BCUT2D eigenvalue weighted by atomic mass is 10.1. The fourth-order valence-electron chi connectivity index (χ4n) is 2.69. The Morgan fingerprint density at radius 1 is 0.958 bits per heavy atom. The van der Waals surface area contributed by atoms with Crippen LogP contribution >= 0.6 is 0 Å². The molecule has 24 heavy (non-hydrogen) atoms. The van der Waals surface area contributed by atoms with Gasteiger partial charge in [0.2, 0.25) is 0 Å². The van der Waals surface area contributed by atoms with Gasteiger partial charge in [0, 0.05) is 19.1 Å². The number of hydrogen-bond acceptors (Lipinski definition) is 3. The minimum Gasteiger partial charge on any atom is -0.489 e. The molecule has 0 saturated carbocycles. The Kier molecular flexibility index (Phi) is 7.80. The molecule has 1 N–H and O–H groups in total. The van der Waals surface area contributed by atoms with Gasteiger partial charge in [0.05, 0.1) is 0 Å². The van der Waals surface area contributed by atoms with Crippen molar-refractivity contribution in [1.82, 2.24) is 10.2 Å². The Morgan fingerprint density at radius 2 is 1.62 bits per heavy atom. The molecule has 0 aliphatic heterocycles. The SMILES string of the molecule is CCN(CC)CCNC(C)c1ccc(OCc2ccccc2)cc1. The Labute approximate surface area is 146 Å². The van der Waals surface area contributed by atoms with Crippen molar-refractivity contribution in [3.63, 3.8) is 0 Å². The van der Waals surface area contributed by atoms with Crippen LogP contribution in [-0.2, 0) is 6.61 Å². The monoisotopic (exact) mass is 326 g/mol. The average Bonchev–Trinajstić information content (AvgIpc) is 2.64. The van der Waals surface area contributed by atoms with Crippen molar-refractivity contribution in [1.29, 1.82) is 0 Å². The van der Waals surface area contributed by atoms with E-state index in [2.05, 4.69) is 67.4 Å². The van der Waals surface area contributed by atoms with Gasteiger partial charge in [0.15, 0.2) is 0 Å². The van der Waals surface area contributed by atoms with Crippen LogP contribution in [0.5, 0.6) is 5.75 Å². The minimum atomic E-state index is 0.351. The van der Waals surface area contributed by atoms with Crippen molar-refractivity contribution in [2.45, 2.75) is 33.4 Å². The molecule has 1 unspecified atom stereocenters. The van der Waals surface area contributed by atoms with Crippen LogP contribution in [0.15, 0.2) is 54.6 Å². The van der Waals surface area contributed by atoms with Gasteiger partial charge in [-0.1, -0.05) is 56.3 Å². The van der Waals surface area contributed by atoms with Gasteiger partial charge in [-0.15, -0.1) is 0 Å². The van der Waals surface area contributed by atoms with Gasteiger partial charge < -0.3 is 15.0 Å². The van der Waals surface area contributed by atoms with Gasteiger partial charge in [-0.25, -0.2) is 0 Å². The lowest BCUT2D eigenvalue weighted by Crippen LogP contribution is -2.33. The topological polar surface area (TPSA) is 24.5 Å². The van der Waals surface area contributed by atoms with Gasteiger partial charge in [-0.3, -0.25) is 0 Å². The second kappa shape index (κ2) is 10.1. The number of rotatable bonds is 10. The smallest absolute Gasteiger partial charge is 0.119 e. The molecule has 0 amide bonds. The van der Waals surface area contributed by atoms with E-state index in [0.29, 0.717) is 12.6 Å². The van der Waals surface area contributed by atoms with E-state index in [4.69, 9.17) is 4.74 Å². The molecule has 0 aliphatic carbocycles. The van der Waals surface area contributed by atoms with Crippen LogP contribution in [0.1, 0.15) is 37.9 Å². The van der Waals surface area contributed by atoms with E-state index < -0.39 is 0 Å². The van der Waals surface area contributed by atoms with Gasteiger partial charge in [0.1, 0.15) is 12.4 Å². The Balaban J connectivity index is 1.78. The molecular weight excluding hydrogens is 296 g/mol. The maximum atomic E-state index is 5.84. The quantitative estimate of drug-likeness (QED) is 0.706. The highest BCUT2D eigenvalue weighted by atomic mass is 16.5. The highest BCUT2D eigenvalue weighted by Crippen LogP contribution is 2.18. The number of hydrogen-bond donors (Lipinski definition) is 1. The van der Waals surface area contributed by atoms with E-state index in [1.807, 2.05) is 18.2 Å². The lowest BCUT2D eigenvalue weighted by Gasteiger charge is -2.20. The molecule has 2 aromatic carbocycles. The Hall–Kier alpha value is -1.84. The van der Waals surface area contributed by atoms with Gasteiger partial charge in [-0.2, -0.15) is 0 Å². The molecule has 0 aliphatic rings. The van der Waals surface area contributed by atoms with Crippen LogP contribution in [0.3, 0.4) is 0 Å². The maximum Gasteiger partial charge on any atom is 0.119 e. The number of benzene rings is 2. The van der Waals surface area contributed by atoms with Gasteiger partial charge in [0.25, 0.3) is 0 Å². The third kappa shape index (κ3) is 5.99. The van der Waals surface area contributed by atoms with Crippen LogP contribution < -0.4 is 10.1 Å². The first-order chi connectivity index (χ1) is 11.7. The number of ether oxygens (including phenoxy) is 1. The zero-order valence-electron chi connectivity index (χ0n) is 15.2. The Bertz CT molecular complexity index is 564. The van der Waals surface area contributed by atoms with E-state index in [9.17, 15) is 0 Å². The highest BCUT2D eigenvalue weighted by molar-refractivity contribution is 5.29. The molecule has 0 saturated heterocycles. The number of nitrogens with one attached hydrogen (secondary N) is 1. The zero-order chi connectivity index (χ0) is 17.2. The van der Waals surface area contributed by atoms with Crippen molar-refractivity contribution in [2.75, 3.05) is 26.2 Å². The molecule has 2 aromatic rings. The lowest BCUT2D eigenvalue weighted by molar-refractivity contribution is 0.297. The first kappa shape index (κ1) is 18.5. The normalized spacial score (nSPS) is 12.3. The van der Waals surface area contributed by atoms with Crippen LogP contribution in [0.4, 0.5) is 0 Å². The zero-order valence-corrected chi connectivity index (χ0v) is 15.2. The summed E-state index contributed by atoms with van der Waals surface area (Å²) in [6, 6.07) is 19.0. The molecule has 130 valence electrons. The van der Waals surface area contributed by atoms with Crippen LogP contribution in [0.25, 0.3) is 0 Å². The summed E-state index contributed by atoms with van der Waals surface area (Å²) in [6.45, 7) is 11.6. The second-order valence-electron chi connectivity index (χ2n) is 6.05. The maximum absolute atomic E-state index is 5.84. The molecule has 1 atom stereocenters. The molecule has 0 radical (unpaired) electrons. The van der Waals surface area contributed by atoms with Crippen LogP contribution in [0, 0.1) is 0 Å². The summed E-state index contributed by atoms with van der Waals surface area (Å²) in [4.78, 5) is 2.43. The summed E-state index contributed by atoms with van der Waals surface area (Å²) in [5.41, 5.74) is 2.48. The second-order valence-corrected chi connectivity index (χ2v) is 6.05. The van der Waals surface area contributed by atoms with E-state index in [1.165, 1.54) is 11.1 Å². The summed E-state index contributed by atoms with van der Waals surface area (Å²) >= 11 is 0. The highest BCUT2D eigenvalue weighted by Gasteiger charge is 2.06. The van der Waals surface area contributed by atoms with Crippen molar-refractivity contribution >= 4 is 0 Å². The largest absolute Gasteiger partial charge is 0.489 e. The fourth-order valence-corrected chi connectivity index (χ4v) is 2.69. The van der Waals surface area contributed by atoms with Crippen molar-refractivity contribution < 1.29 is 4.74 Å². The summed E-state index contributed by atoms with van der Waals surface area (Å²) in [5, 5.41) is 3.59. The predicted octanol–water partition coefficient (Wildman–Crippen LogP) is 4.26. The fraction of sp³-hybridized carbons (Fsp3) is 0.429. The summed E-state index contributed by atoms with van der Waals surface area (Å²) < 4.78 is 5.84. The number of nitrogens with zero attached hydrogens (tertiary/aromatic N) is 1. The average molecular weight is 326 g/mol. The van der Waals surface area contributed by atoms with Crippen LogP contribution in [0.2, 0.25) is 0 Å². The van der Waals surface area contributed by atoms with E-state index in [-0.39, 0.29) is 0 Å².